The van der Waals surface area contributed by atoms with E-state index in [-0.39, 0.29) is 6.10 Å². The summed E-state index contributed by atoms with van der Waals surface area (Å²) in [6.07, 6.45) is 2.20. The number of rotatable bonds is 4. The highest BCUT2D eigenvalue weighted by Crippen LogP contribution is 2.16. The Morgan fingerprint density at radius 3 is 2.00 bits per heavy atom. The molecular formula is C9H20O. The van der Waals surface area contributed by atoms with Gasteiger partial charge in [-0.05, 0) is 18.3 Å². The molecule has 0 bridgehead atoms. The zero-order valence-electron chi connectivity index (χ0n) is 7.59. The van der Waals surface area contributed by atoms with E-state index in [0.29, 0.717) is 11.8 Å². The van der Waals surface area contributed by atoms with Crippen LogP contribution in [0.3, 0.4) is 0 Å². The minimum absolute atomic E-state index is 0.111. The van der Waals surface area contributed by atoms with Crippen molar-refractivity contribution in [3.8, 4) is 0 Å². The molecule has 0 fully saturated rings. The van der Waals surface area contributed by atoms with E-state index < -0.39 is 0 Å². The highest BCUT2D eigenvalue weighted by Gasteiger charge is 2.15. The summed E-state index contributed by atoms with van der Waals surface area (Å²) < 4.78 is 0. The van der Waals surface area contributed by atoms with Crippen molar-refractivity contribution in [3.63, 3.8) is 0 Å². The standard InChI is InChI=1S/C9H20O/c1-5-6-8(4)9(10)7(2)3/h7-10H,5-6H2,1-4H3/t8-,9+/m1/s1. The van der Waals surface area contributed by atoms with Crippen LogP contribution in [0.4, 0.5) is 0 Å². The minimum atomic E-state index is -0.111. The van der Waals surface area contributed by atoms with Crippen LogP contribution in [0.25, 0.3) is 0 Å². The maximum absolute atomic E-state index is 9.53. The van der Waals surface area contributed by atoms with Crippen molar-refractivity contribution in [3.05, 3.63) is 0 Å². The van der Waals surface area contributed by atoms with Gasteiger partial charge in [0.1, 0.15) is 0 Å². The van der Waals surface area contributed by atoms with Crippen molar-refractivity contribution >= 4 is 0 Å². The van der Waals surface area contributed by atoms with Crippen LogP contribution >= 0.6 is 0 Å². The summed E-state index contributed by atoms with van der Waals surface area (Å²) in [5, 5.41) is 9.53. The summed E-state index contributed by atoms with van der Waals surface area (Å²) in [6.45, 7) is 8.41. The van der Waals surface area contributed by atoms with Gasteiger partial charge in [-0.1, -0.05) is 34.1 Å². The lowest BCUT2D eigenvalue weighted by atomic mass is 9.92. The molecule has 62 valence electrons. The highest BCUT2D eigenvalue weighted by atomic mass is 16.3. The van der Waals surface area contributed by atoms with Crippen molar-refractivity contribution < 1.29 is 5.11 Å². The molecule has 0 aromatic rings. The van der Waals surface area contributed by atoms with Crippen molar-refractivity contribution in [2.45, 2.75) is 46.6 Å². The number of hydrogen-bond donors (Lipinski definition) is 1. The Morgan fingerprint density at radius 1 is 1.20 bits per heavy atom. The van der Waals surface area contributed by atoms with E-state index in [9.17, 15) is 5.11 Å². The molecule has 0 aliphatic rings. The molecule has 1 N–H and O–H groups in total. The molecule has 0 aromatic heterocycles. The maximum Gasteiger partial charge on any atom is 0.0588 e. The lowest BCUT2D eigenvalue weighted by Gasteiger charge is -2.21. The average molecular weight is 144 g/mol. The molecule has 2 atom stereocenters. The zero-order chi connectivity index (χ0) is 8.15. The fourth-order valence-corrected chi connectivity index (χ4v) is 1.28. The van der Waals surface area contributed by atoms with Gasteiger partial charge >= 0.3 is 0 Å². The average Bonchev–Trinajstić information content (AvgIpc) is 1.87. The second-order valence-electron chi connectivity index (χ2n) is 3.50. The Hall–Kier alpha value is -0.0400. The molecular weight excluding hydrogens is 124 g/mol. The third kappa shape index (κ3) is 3.21. The van der Waals surface area contributed by atoms with Gasteiger partial charge in [0.25, 0.3) is 0 Å². The van der Waals surface area contributed by atoms with Gasteiger partial charge in [0.15, 0.2) is 0 Å². The van der Waals surface area contributed by atoms with E-state index in [4.69, 9.17) is 0 Å². The molecule has 0 heterocycles. The van der Waals surface area contributed by atoms with Gasteiger partial charge in [-0.2, -0.15) is 0 Å². The fourth-order valence-electron chi connectivity index (χ4n) is 1.28. The molecule has 0 aliphatic carbocycles. The van der Waals surface area contributed by atoms with Crippen LogP contribution in [0.2, 0.25) is 0 Å². The second-order valence-corrected chi connectivity index (χ2v) is 3.50. The van der Waals surface area contributed by atoms with Gasteiger partial charge in [-0.25, -0.2) is 0 Å². The number of aliphatic hydroxyl groups excluding tert-OH is 1. The first-order valence-corrected chi connectivity index (χ1v) is 4.27. The first-order valence-electron chi connectivity index (χ1n) is 4.27. The Labute approximate surface area is 64.5 Å². The van der Waals surface area contributed by atoms with Crippen LogP contribution in [0.15, 0.2) is 0 Å². The van der Waals surface area contributed by atoms with Gasteiger partial charge < -0.3 is 5.11 Å². The third-order valence-electron chi connectivity index (χ3n) is 2.01. The minimum Gasteiger partial charge on any atom is -0.393 e. The molecule has 0 amide bonds. The second kappa shape index (κ2) is 4.73. The summed E-state index contributed by atoms with van der Waals surface area (Å²) in [5.74, 6) is 0.867. The smallest absolute Gasteiger partial charge is 0.0588 e. The Bertz CT molecular complexity index is 78.8. The third-order valence-corrected chi connectivity index (χ3v) is 2.01. The molecule has 0 saturated carbocycles. The van der Waals surface area contributed by atoms with E-state index in [0.717, 1.165) is 6.42 Å². The topological polar surface area (TPSA) is 20.2 Å². The molecule has 0 spiro atoms. The normalized spacial score (nSPS) is 17.4. The van der Waals surface area contributed by atoms with E-state index in [1.165, 1.54) is 6.42 Å². The molecule has 0 aromatic carbocycles. The lowest BCUT2D eigenvalue weighted by Crippen LogP contribution is -2.23. The van der Waals surface area contributed by atoms with Gasteiger partial charge in [-0.15, -0.1) is 0 Å². The molecule has 1 heteroatoms. The predicted molar refractivity (Wildman–Crippen MR) is 44.9 cm³/mol. The Balaban J connectivity index is 3.58. The summed E-state index contributed by atoms with van der Waals surface area (Å²) in [7, 11) is 0. The lowest BCUT2D eigenvalue weighted by molar-refractivity contribution is 0.0681. The van der Waals surface area contributed by atoms with Crippen LogP contribution in [-0.4, -0.2) is 11.2 Å². The zero-order valence-corrected chi connectivity index (χ0v) is 7.59. The number of aliphatic hydroxyl groups is 1. The van der Waals surface area contributed by atoms with E-state index in [1.807, 2.05) is 0 Å². The van der Waals surface area contributed by atoms with Gasteiger partial charge in [0.05, 0.1) is 6.10 Å². The van der Waals surface area contributed by atoms with Crippen LogP contribution in [0.5, 0.6) is 0 Å². The summed E-state index contributed by atoms with van der Waals surface area (Å²) >= 11 is 0. The molecule has 0 rings (SSSR count). The van der Waals surface area contributed by atoms with Crippen LogP contribution < -0.4 is 0 Å². The van der Waals surface area contributed by atoms with Crippen molar-refractivity contribution in [1.82, 2.24) is 0 Å². The van der Waals surface area contributed by atoms with E-state index >= 15 is 0 Å². The summed E-state index contributed by atoms with van der Waals surface area (Å²) in [5.41, 5.74) is 0. The number of hydrogen-bond acceptors (Lipinski definition) is 1. The van der Waals surface area contributed by atoms with Gasteiger partial charge in [-0.3, -0.25) is 0 Å². The molecule has 0 radical (unpaired) electrons. The van der Waals surface area contributed by atoms with Crippen LogP contribution in [0, 0.1) is 11.8 Å². The molecule has 0 saturated heterocycles. The molecule has 10 heavy (non-hydrogen) atoms. The Kier molecular flexibility index (Phi) is 4.71. The molecule has 0 unspecified atom stereocenters. The first kappa shape index (κ1) is 9.96. The summed E-state index contributed by atoms with van der Waals surface area (Å²) in [6, 6.07) is 0. The SMILES string of the molecule is CCC[C@@H](C)[C@@H](O)C(C)C. The van der Waals surface area contributed by atoms with Crippen molar-refractivity contribution in [2.75, 3.05) is 0 Å². The van der Waals surface area contributed by atoms with Crippen molar-refractivity contribution in [1.29, 1.82) is 0 Å². The van der Waals surface area contributed by atoms with Gasteiger partial charge in [0, 0.05) is 0 Å². The monoisotopic (exact) mass is 144 g/mol. The Morgan fingerprint density at radius 2 is 1.70 bits per heavy atom. The van der Waals surface area contributed by atoms with E-state index in [1.54, 1.807) is 0 Å². The molecule has 1 nitrogen and oxygen atoms in total. The quantitative estimate of drug-likeness (QED) is 0.642. The fraction of sp³-hybridized carbons (Fsp3) is 1.00. The van der Waals surface area contributed by atoms with Crippen LogP contribution in [0.1, 0.15) is 40.5 Å². The van der Waals surface area contributed by atoms with Crippen LogP contribution in [-0.2, 0) is 0 Å². The highest BCUT2D eigenvalue weighted by molar-refractivity contribution is 4.66. The first-order chi connectivity index (χ1) is 4.59. The molecule has 0 aliphatic heterocycles. The maximum atomic E-state index is 9.53. The van der Waals surface area contributed by atoms with Crippen molar-refractivity contribution in [2.24, 2.45) is 11.8 Å². The summed E-state index contributed by atoms with van der Waals surface area (Å²) in [4.78, 5) is 0. The van der Waals surface area contributed by atoms with E-state index in [2.05, 4.69) is 27.7 Å². The largest absolute Gasteiger partial charge is 0.393 e. The van der Waals surface area contributed by atoms with Gasteiger partial charge in [0.2, 0.25) is 0 Å². The predicted octanol–water partition coefficient (Wildman–Crippen LogP) is 2.44.